The van der Waals surface area contributed by atoms with Crippen molar-refractivity contribution in [3.8, 4) is 11.4 Å². The van der Waals surface area contributed by atoms with Crippen molar-refractivity contribution in [1.29, 1.82) is 0 Å². The molecule has 0 spiro atoms. The summed E-state index contributed by atoms with van der Waals surface area (Å²) < 4.78 is 7.72. The number of carbonyl (C=O) groups excluding carboxylic acids is 1. The number of ether oxygens (including phenoxy) is 1. The van der Waals surface area contributed by atoms with Crippen LogP contribution in [0.4, 0.5) is 0 Å². The molecule has 1 N–H and O–H groups in total. The Morgan fingerprint density at radius 3 is 2.36 bits per heavy atom. The zero-order valence-corrected chi connectivity index (χ0v) is 15.5. The third-order valence-corrected chi connectivity index (χ3v) is 4.13. The maximum atomic E-state index is 12.4. The van der Waals surface area contributed by atoms with Gasteiger partial charge in [-0.15, -0.1) is 0 Å². The van der Waals surface area contributed by atoms with Gasteiger partial charge in [-0.05, 0) is 36.8 Å². The predicted octanol–water partition coefficient (Wildman–Crippen LogP) is 1.71. The molecule has 7 nitrogen and oxygen atoms in total. The van der Waals surface area contributed by atoms with Gasteiger partial charge in [0.25, 0.3) is 0 Å². The van der Waals surface area contributed by atoms with Crippen LogP contribution in [0.3, 0.4) is 0 Å². The SMILES string of the molecule is CCOc1ccc(-n2ccn(CC(=O)NCc3ccccc3)c(=O)c2=O)cc1. The molecule has 1 amide bonds. The molecule has 0 aliphatic rings. The highest BCUT2D eigenvalue weighted by Gasteiger charge is 2.10. The molecule has 144 valence electrons. The number of nitrogens with one attached hydrogen (secondary N) is 1. The maximum absolute atomic E-state index is 12.4. The number of benzene rings is 2. The van der Waals surface area contributed by atoms with Crippen LogP contribution in [0, 0.1) is 0 Å². The summed E-state index contributed by atoms with van der Waals surface area (Å²) in [7, 11) is 0. The van der Waals surface area contributed by atoms with Crippen molar-refractivity contribution in [3.63, 3.8) is 0 Å². The van der Waals surface area contributed by atoms with Crippen LogP contribution in [0.25, 0.3) is 5.69 Å². The number of amides is 1. The van der Waals surface area contributed by atoms with Gasteiger partial charge in [-0.25, -0.2) is 0 Å². The average molecular weight is 379 g/mol. The molecular weight excluding hydrogens is 358 g/mol. The van der Waals surface area contributed by atoms with Gasteiger partial charge in [0.15, 0.2) is 0 Å². The van der Waals surface area contributed by atoms with E-state index in [0.29, 0.717) is 24.6 Å². The van der Waals surface area contributed by atoms with Crippen LogP contribution in [0.1, 0.15) is 12.5 Å². The lowest BCUT2D eigenvalue weighted by atomic mass is 10.2. The standard InChI is InChI=1S/C21H21N3O4/c1-2-28-18-10-8-17(9-11-18)24-13-12-23(20(26)21(24)27)15-19(25)22-14-16-6-4-3-5-7-16/h3-13H,2,14-15H2,1H3,(H,22,25). The second-order valence-electron chi connectivity index (χ2n) is 6.10. The first-order valence-corrected chi connectivity index (χ1v) is 8.94. The molecule has 0 unspecified atom stereocenters. The molecule has 0 bridgehead atoms. The van der Waals surface area contributed by atoms with Gasteiger partial charge in [0, 0.05) is 24.6 Å². The summed E-state index contributed by atoms with van der Waals surface area (Å²) in [5.41, 5.74) is 0.0223. The summed E-state index contributed by atoms with van der Waals surface area (Å²) in [6.45, 7) is 2.57. The first-order valence-electron chi connectivity index (χ1n) is 8.94. The number of hydrogen-bond acceptors (Lipinski definition) is 4. The van der Waals surface area contributed by atoms with Crippen LogP contribution < -0.4 is 21.2 Å². The Balaban J connectivity index is 1.72. The normalized spacial score (nSPS) is 10.5. The monoisotopic (exact) mass is 379 g/mol. The predicted molar refractivity (Wildman–Crippen MR) is 106 cm³/mol. The lowest BCUT2D eigenvalue weighted by Crippen LogP contribution is -2.42. The minimum absolute atomic E-state index is 0.217. The van der Waals surface area contributed by atoms with Crippen LogP contribution in [0.15, 0.2) is 76.6 Å². The number of rotatable bonds is 7. The fraction of sp³-hybridized carbons (Fsp3) is 0.190. The first-order chi connectivity index (χ1) is 13.6. The first kappa shape index (κ1) is 19.2. The molecule has 3 aromatic rings. The van der Waals surface area contributed by atoms with E-state index in [-0.39, 0.29) is 12.5 Å². The zero-order chi connectivity index (χ0) is 19.9. The van der Waals surface area contributed by atoms with E-state index in [1.165, 1.54) is 17.0 Å². The molecule has 1 aromatic heterocycles. The quantitative estimate of drug-likeness (QED) is 0.634. The van der Waals surface area contributed by atoms with E-state index in [0.717, 1.165) is 10.1 Å². The Bertz CT molecular complexity index is 1050. The molecule has 0 saturated carbocycles. The molecule has 0 aliphatic heterocycles. The minimum atomic E-state index is -0.758. The second-order valence-corrected chi connectivity index (χ2v) is 6.10. The molecule has 0 saturated heterocycles. The summed E-state index contributed by atoms with van der Waals surface area (Å²) in [6, 6.07) is 16.3. The second kappa shape index (κ2) is 8.85. The van der Waals surface area contributed by atoms with Crippen LogP contribution in [0.2, 0.25) is 0 Å². The van der Waals surface area contributed by atoms with Crippen LogP contribution in [-0.4, -0.2) is 21.6 Å². The number of carbonyl (C=O) groups is 1. The maximum Gasteiger partial charge on any atom is 0.320 e. The molecule has 2 aromatic carbocycles. The van der Waals surface area contributed by atoms with Crippen molar-refractivity contribution in [2.45, 2.75) is 20.0 Å². The Kier molecular flexibility index (Phi) is 6.06. The van der Waals surface area contributed by atoms with Crippen molar-refractivity contribution in [1.82, 2.24) is 14.5 Å². The van der Waals surface area contributed by atoms with Crippen molar-refractivity contribution < 1.29 is 9.53 Å². The van der Waals surface area contributed by atoms with Gasteiger partial charge in [0.05, 0.1) is 6.61 Å². The van der Waals surface area contributed by atoms with Gasteiger partial charge in [0.2, 0.25) is 5.91 Å². The van der Waals surface area contributed by atoms with E-state index < -0.39 is 11.1 Å². The molecule has 28 heavy (non-hydrogen) atoms. The molecule has 3 rings (SSSR count). The fourth-order valence-electron chi connectivity index (χ4n) is 2.71. The van der Waals surface area contributed by atoms with Gasteiger partial charge in [-0.1, -0.05) is 30.3 Å². The number of aromatic nitrogens is 2. The summed E-state index contributed by atoms with van der Waals surface area (Å²) in [4.78, 5) is 36.9. The highest BCUT2D eigenvalue weighted by Crippen LogP contribution is 2.13. The lowest BCUT2D eigenvalue weighted by Gasteiger charge is -2.10. The molecule has 0 fully saturated rings. The van der Waals surface area contributed by atoms with E-state index in [9.17, 15) is 14.4 Å². The van der Waals surface area contributed by atoms with Crippen molar-refractivity contribution >= 4 is 5.91 Å². The molecule has 1 heterocycles. The largest absolute Gasteiger partial charge is 0.494 e. The minimum Gasteiger partial charge on any atom is -0.494 e. The van der Waals surface area contributed by atoms with Crippen molar-refractivity contribution in [3.05, 3.63) is 93.3 Å². The van der Waals surface area contributed by atoms with Crippen molar-refractivity contribution in [2.24, 2.45) is 0 Å². The van der Waals surface area contributed by atoms with Gasteiger partial charge in [-0.3, -0.25) is 23.5 Å². The van der Waals surface area contributed by atoms with E-state index >= 15 is 0 Å². The van der Waals surface area contributed by atoms with E-state index in [1.54, 1.807) is 24.3 Å². The molecule has 0 aliphatic carbocycles. The van der Waals surface area contributed by atoms with Gasteiger partial charge in [0.1, 0.15) is 12.3 Å². The fourth-order valence-corrected chi connectivity index (χ4v) is 2.71. The average Bonchev–Trinajstić information content (AvgIpc) is 2.72. The Morgan fingerprint density at radius 1 is 0.964 bits per heavy atom. The lowest BCUT2D eigenvalue weighted by molar-refractivity contribution is -0.121. The highest BCUT2D eigenvalue weighted by atomic mass is 16.5. The summed E-state index contributed by atoms with van der Waals surface area (Å²) >= 11 is 0. The van der Waals surface area contributed by atoms with E-state index in [2.05, 4.69) is 5.32 Å². The van der Waals surface area contributed by atoms with E-state index in [4.69, 9.17) is 4.74 Å². The van der Waals surface area contributed by atoms with Gasteiger partial charge in [-0.2, -0.15) is 0 Å². The van der Waals surface area contributed by atoms with Crippen LogP contribution in [0.5, 0.6) is 5.75 Å². The summed E-state index contributed by atoms with van der Waals surface area (Å²) in [6.07, 6.45) is 2.91. The number of nitrogens with zero attached hydrogens (tertiary/aromatic N) is 2. The van der Waals surface area contributed by atoms with Crippen LogP contribution in [-0.2, 0) is 17.9 Å². The highest BCUT2D eigenvalue weighted by molar-refractivity contribution is 5.75. The molecule has 7 heteroatoms. The molecule has 0 radical (unpaired) electrons. The third-order valence-electron chi connectivity index (χ3n) is 4.13. The topological polar surface area (TPSA) is 82.3 Å². The third kappa shape index (κ3) is 4.56. The Labute approximate surface area is 161 Å². The summed E-state index contributed by atoms with van der Waals surface area (Å²) in [5, 5.41) is 2.74. The Morgan fingerprint density at radius 2 is 1.68 bits per heavy atom. The van der Waals surface area contributed by atoms with Crippen molar-refractivity contribution in [2.75, 3.05) is 6.61 Å². The molecular formula is C21H21N3O4. The van der Waals surface area contributed by atoms with Gasteiger partial charge >= 0.3 is 11.1 Å². The van der Waals surface area contributed by atoms with Crippen LogP contribution >= 0.6 is 0 Å². The number of hydrogen-bond donors (Lipinski definition) is 1. The van der Waals surface area contributed by atoms with E-state index in [1.807, 2.05) is 37.3 Å². The smallest absolute Gasteiger partial charge is 0.320 e. The summed E-state index contributed by atoms with van der Waals surface area (Å²) in [5.74, 6) is 0.340. The Hall–Kier alpha value is -3.61. The zero-order valence-electron chi connectivity index (χ0n) is 15.5. The molecule has 0 atom stereocenters. The van der Waals surface area contributed by atoms with Gasteiger partial charge < -0.3 is 10.1 Å².